The summed E-state index contributed by atoms with van der Waals surface area (Å²) < 4.78 is 1.72. The van der Waals surface area contributed by atoms with Crippen molar-refractivity contribution in [3.63, 3.8) is 0 Å². The van der Waals surface area contributed by atoms with Crippen LogP contribution in [0.5, 0.6) is 0 Å². The molecule has 0 aliphatic carbocycles. The predicted octanol–water partition coefficient (Wildman–Crippen LogP) is 3.83. The highest BCUT2D eigenvalue weighted by molar-refractivity contribution is 9.11. The molecule has 0 aliphatic heterocycles. The Morgan fingerprint density at radius 2 is 1.89 bits per heavy atom. The summed E-state index contributed by atoms with van der Waals surface area (Å²) in [4.78, 5) is 12.3. The molecular weight excluding hydrogens is 360 g/mol. The third-order valence-corrected chi connectivity index (χ3v) is 4.45. The monoisotopic (exact) mass is 376 g/mol. The minimum Gasteiger partial charge on any atom is -0.329 e. The van der Waals surface area contributed by atoms with Gasteiger partial charge in [-0.2, -0.15) is 0 Å². The van der Waals surface area contributed by atoms with Gasteiger partial charge in [-0.05, 0) is 69.8 Å². The zero-order valence-electron chi connectivity index (χ0n) is 10.8. The molecule has 1 atom stereocenters. The van der Waals surface area contributed by atoms with E-state index in [-0.39, 0.29) is 5.91 Å². The second-order valence-electron chi connectivity index (χ2n) is 4.68. The van der Waals surface area contributed by atoms with Crippen LogP contribution >= 0.6 is 31.9 Å². The molecule has 0 spiro atoms. The van der Waals surface area contributed by atoms with Crippen molar-refractivity contribution in [2.45, 2.75) is 27.2 Å². The molecular formula is C13H18Br2N2O. The number of hydrogen-bond acceptors (Lipinski definition) is 2. The number of carbonyl (C=O) groups is 1. The van der Waals surface area contributed by atoms with E-state index in [9.17, 15) is 4.79 Å². The molecule has 5 heteroatoms. The SMILES string of the molecule is CCC(C)(CN)C(=O)Nc1c(Br)cc(C)cc1Br. The van der Waals surface area contributed by atoms with Gasteiger partial charge >= 0.3 is 0 Å². The highest BCUT2D eigenvalue weighted by Crippen LogP contribution is 2.34. The van der Waals surface area contributed by atoms with Crippen LogP contribution in [0.2, 0.25) is 0 Å². The van der Waals surface area contributed by atoms with Crippen molar-refractivity contribution in [1.82, 2.24) is 0 Å². The number of benzene rings is 1. The smallest absolute Gasteiger partial charge is 0.231 e. The minimum absolute atomic E-state index is 0.0576. The standard InChI is InChI=1S/C13H18Br2N2O/c1-4-13(3,7-16)12(18)17-11-9(14)5-8(2)6-10(11)15/h5-6H,4,7,16H2,1-3H3,(H,17,18). The summed E-state index contributed by atoms with van der Waals surface area (Å²) in [7, 11) is 0. The van der Waals surface area contributed by atoms with Gasteiger partial charge in [0.1, 0.15) is 0 Å². The van der Waals surface area contributed by atoms with Crippen LogP contribution < -0.4 is 11.1 Å². The Hall–Kier alpha value is -0.390. The van der Waals surface area contributed by atoms with Gasteiger partial charge in [-0.3, -0.25) is 4.79 Å². The van der Waals surface area contributed by atoms with Gasteiger partial charge < -0.3 is 11.1 Å². The Morgan fingerprint density at radius 1 is 1.39 bits per heavy atom. The summed E-state index contributed by atoms with van der Waals surface area (Å²) in [6.07, 6.45) is 0.705. The minimum atomic E-state index is -0.538. The van der Waals surface area contributed by atoms with Gasteiger partial charge in [0.2, 0.25) is 5.91 Å². The second-order valence-corrected chi connectivity index (χ2v) is 6.38. The largest absolute Gasteiger partial charge is 0.329 e. The predicted molar refractivity (Wildman–Crippen MR) is 82.7 cm³/mol. The first kappa shape index (κ1) is 15.7. The number of rotatable bonds is 4. The third kappa shape index (κ3) is 3.33. The summed E-state index contributed by atoms with van der Waals surface area (Å²) in [6.45, 7) is 6.16. The highest BCUT2D eigenvalue weighted by Gasteiger charge is 2.30. The number of nitrogens with two attached hydrogens (primary N) is 1. The molecule has 0 aromatic heterocycles. The molecule has 0 heterocycles. The second kappa shape index (κ2) is 6.17. The zero-order valence-corrected chi connectivity index (χ0v) is 14.0. The lowest BCUT2D eigenvalue weighted by Gasteiger charge is -2.25. The topological polar surface area (TPSA) is 55.1 Å². The van der Waals surface area contributed by atoms with E-state index in [1.807, 2.05) is 32.9 Å². The number of carbonyl (C=O) groups excluding carboxylic acids is 1. The molecule has 0 radical (unpaired) electrons. The lowest BCUT2D eigenvalue weighted by atomic mass is 9.86. The molecule has 3 nitrogen and oxygen atoms in total. The van der Waals surface area contributed by atoms with E-state index in [1.54, 1.807) is 0 Å². The van der Waals surface area contributed by atoms with Crippen molar-refractivity contribution < 1.29 is 4.79 Å². The van der Waals surface area contributed by atoms with Gasteiger partial charge in [0.25, 0.3) is 0 Å². The maximum Gasteiger partial charge on any atom is 0.231 e. The van der Waals surface area contributed by atoms with E-state index in [4.69, 9.17) is 5.73 Å². The lowest BCUT2D eigenvalue weighted by Crippen LogP contribution is -2.39. The van der Waals surface area contributed by atoms with Gasteiger partial charge in [-0.1, -0.05) is 6.92 Å². The van der Waals surface area contributed by atoms with Crippen LogP contribution in [-0.2, 0) is 4.79 Å². The molecule has 100 valence electrons. The van der Waals surface area contributed by atoms with E-state index in [0.717, 1.165) is 20.2 Å². The molecule has 1 rings (SSSR count). The van der Waals surface area contributed by atoms with Crippen LogP contribution in [0.25, 0.3) is 0 Å². The number of nitrogens with one attached hydrogen (secondary N) is 1. The molecule has 1 unspecified atom stereocenters. The molecule has 0 aliphatic rings. The summed E-state index contributed by atoms with van der Waals surface area (Å²) >= 11 is 6.92. The molecule has 0 saturated heterocycles. The number of anilines is 1. The van der Waals surface area contributed by atoms with E-state index in [2.05, 4.69) is 37.2 Å². The average Bonchev–Trinajstić information content (AvgIpc) is 2.32. The molecule has 0 fully saturated rings. The number of halogens is 2. The normalized spacial score (nSPS) is 14.1. The number of amides is 1. The van der Waals surface area contributed by atoms with Crippen molar-refractivity contribution in [2.75, 3.05) is 11.9 Å². The molecule has 1 aromatic carbocycles. The molecule has 3 N–H and O–H groups in total. The maximum atomic E-state index is 12.3. The fraction of sp³-hybridized carbons (Fsp3) is 0.462. The van der Waals surface area contributed by atoms with E-state index < -0.39 is 5.41 Å². The fourth-order valence-electron chi connectivity index (χ4n) is 1.48. The summed E-state index contributed by atoms with van der Waals surface area (Å²) in [5.41, 5.74) is 7.01. The molecule has 0 saturated carbocycles. The summed E-state index contributed by atoms with van der Waals surface area (Å²) in [5.74, 6) is -0.0576. The van der Waals surface area contributed by atoms with Crippen molar-refractivity contribution in [3.8, 4) is 0 Å². The van der Waals surface area contributed by atoms with Crippen LogP contribution in [0.1, 0.15) is 25.8 Å². The van der Waals surface area contributed by atoms with Crippen LogP contribution in [0.15, 0.2) is 21.1 Å². The highest BCUT2D eigenvalue weighted by atomic mass is 79.9. The van der Waals surface area contributed by atoms with Crippen molar-refractivity contribution in [2.24, 2.45) is 11.1 Å². The summed E-state index contributed by atoms with van der Waals surface area (Å²) in [6, 6.07) is 3.93. The van der Waals surface area contributed by atoms with Gasteiger partial charge in [0, 0.05) is 15.5 Å². The summed E-state index contributed by atoms with van der Waals surface area (Å²) in [5, 5.41) is 2.94. The number of aryl methyl sites for hydroxylation is 1. The lowest BCUT2D eigenvalue weighted by molar-refractivity contribution is -0.124. The Kier molecular flexibility index (Phi) is 5.37. The van der Waals surface area contributed by atoms with Crippen molar-refractivity contribution >= 4 is 43.5 Å². The average molecular weight is 378 g/mol. The molecule has 18 heavy (non-hydrogen) atoms. The molecule has 0 bridgehead atoms. The quantitative estimate of drug-likeness (QED) is 0.837. The van der Waals surface area contributed by atoms with E-state index >= 15 is 0 Å². The third-order valence-electron chi connectivity index (χ3n) is 3.20. The van der Waals surface area contributed by atoms with Crippen molar-refractivity contribution in [3.05, 3.63) is 26.6 Å². The van der Waals surface area contributed by atoms with Gasteiger partial charge in [0.15, 0.2) is 0 Å². The molecule has 1 amide bonds. The fourth-order valence-corrected chi connectivity index (χ4v) is 3.09. The first-order chi connectivity index (χ1) is 8.34. The maximum absolute atomic E-state index is 12.3. The van der Waals surface area contributed by atoms with Crippen LogP contribution in [0.3, 0.4) is 0 Å². The van der Waals surface area contributed by atoms with Crippen LogP contribution in [0, 0.1) is 12.3 Å². The Balaban J connectivity index is 3.02. The Morgan fingerprint density at radius 3 is 2.28 bits per heavy atom. The van der Waals surface area contributed by atoms with Crippen LogP contribution in [0.4, 0.5) is 5.69 Å². The van der Waals surface area contributed by atoms with Gasteiger partial charge in [0.05, 0.1) is 11.1 Å². The van der Waals surface area contributed by atoms with Gasteiger partial charge in [-0.25, -0.2) is 0 Å². The number of hydrogen-bond donors (Lipinski definition) is 2. The van der Waals surface area contributed by atoms with E-state index in [1.165, 1.54) is 0 Å². The van der Waals surface area contributed by atoms with Gasteiger partial charge in [-0.15, -0.1) is 0 Å². The Labute approximate surface area is 125 Å². The first-order valence-corrected chi connectivity index (χ1v) is 7.40. The van der Waals surface area contributed by atoms with Crippen LogP contribution in [-0.4, -0.2) is 12.5 Å². The van der Waals surface area contributed by atoms with E-state index in [0.29, 0.717) is 13.0 Å². The van der Waals surface area contributed by atoms with Crippen molar-refractivity contribution in [1.29, 1.82) is 0 Å². The molecule has 1 aromatic rings. The zero-order chi connectivity index (χ0) is 13.9. The first-order valence-electron chi connectivity index (χ1n) is 5.81. The Bertz CT molecular complexity index is 433.